The number of nitrogens with zero attached hydrogens (tertiary/aromatic N) is 4. The molecule has 0 saturated carbocycles. The lowest BCUT2D eigenvalue weighted by Gasteiger charge is -2.16. The molecule has 3 N–H and O–H groups in total. The zero-order valence-corrected chi connectivity index (χ0v) is 13.0. The second-order valence-electron chi connectivity index (χ2n) is 5.63. The Bertz CT molecular complexity index is 651. The molecule has 0 aromatic carbocycles. The number of nitrogens with one attached hydrogen (secondary N) is 1. The topological polar surface area (TPSA) is 98.7 Å². The highest BCUT2D eigenvalue weighted by Crippen LogP contribution is 2.27. The highest BCUT2D eigenvalue weighted by molar-refractivity contribution is 7.08. The number of carbonyl (C=O) groups excluding carboxylic acids is 1. The Morgan fingerprint density at radius 1 is 1.40 bits per heavy atom. The summed E-state index contributed by atoms with van der Waals surface area (Å²) < 4.78 is 5.43. The number of carbonyl (C=O) groups is 1. The van der Waals surface area contributed by atoms with Crippen LogP contribution in [-0.4, -0.2) is 25.3 Å². The summed E-state index contributed by atoms with van der Waals surface area (Å²) in [7, 11) is 1.73. The van der Waals surface area contributed by atoms with Gasteiger partial charge in [0.05, 0.1) is 17.1 Å². The quantitative estimate of drug-likeness (QED) is 0.878. The first-order chi connectivity index (χ1) is 9.21. The number of hydrogen-bond acceptors (Lipinski definition) is 6. The van der Waals surface area contributed by atoms with Crippen LogP contribution >= 0.6 is 11.5 Å². The van der Waals surface area contributed by atoms with E-state index >= 15 is 0 Å². The third-order valence-corrected chi connectivity index (χ3v) is 3.63. The van der Waals surface area contributed by atoms with Crippen LogP contribution in [0.3, 0.4) is 0 Å². The summed E-state index contributed by atoms with van der Waals surface area (Å²) in [6.45, 7) is 7.76. The summed E-state index contributed by atoms with van der Waals surface area (Å²) in [6.07, 6.45) is 0. The molecule has 2 aromatic heterocycles. The molecule has 2 rings (SSSR count). The third-order valence-electron chi connectivity index (χ3n) is 2.91. The maximum Gasteiger partial charge on any atom is 0.270 e. The van der Waals surface area contributed by atoms with E-state index in [0.29, 0.717) is 27.8 Å². The SMILES string of the molecule is Cc1nn(C)c(NC(=O)c2snnc2C(C)(C)C)c1N. The van der Waals surface area contributed by atoms with E-state index in [2.05, 4.69) is 20.0 Å². The lowest BCUT2D eigenvalue weighted by molar-refractivity contribution is 0.102. The number of nitrogen functional groups attached to an aromatic ring is 1. The zero-order chi connectivity index (χ0) is 15.1. The summed E-state index contributed by atoms with van der Waals surface area (Å²) >= 11 is 1.08. The minimum absolute atomic E-state index is 0.242. The van der Waals surface area contributed by atoms with Gasteiger partial charge in [-0.3, -0.25) is 9.48 Å². The van der Waals surface area contributed by atoms with Crippen molar-refractivity contribution in [2.75, 3.05) is 11.1 Å². The summed E-state index contributed by atoms with van der Waals surface area (Å²) in [5.74, 6) is 0.223. The van der Waals surface area contributed by atoms with Crippen molar-refractivity contribution in [2.24, 2.45) is 7.05 Å². The van der Waals surface area contributed by atoms with Crippen molar-refractivity contribution in [3.8, 4) is 0 Å². The molecule has 108 valence electrons. The number of aromatic nitrogens is 4. The Morgan fingerprint density at radius 3 is 2.55 bits per heavy atom. The molecule has 8 heteroatoms. The maximum absolute atomic E-state index is 12.4. The van der Waals surface area contributed by atoms with Crippen LogP contribution in [0.1, 0.15) is 41.8 Å². The van der Waals surface area contributed by atoms with Crippen LogP contribution in [0.4, 0.5) is 11.5 Å². The summed E-state index contributed by atoms with van der Waals surface area (Å²) in [5.41, 5.74) is 7.49. The van der Waals surface area contributed by atoms with Crippen molar-refractivity contribution in [3.05, 3.63) is 16.3 Å². The number of hydrogen-bond donors (Lipinski definition) is 2. The van der Waals surface area contributed by atoms with E-state index in [1.54, 1.807) is 18.7 Å². The van der Waals surface area contributed by atoms with Gasteiger partial charge in [0.25, 0.3) is 5.91 Å². The Labute approximate surface area is 121 Å². The Kier molecular flexibility index (Phi) is 3.51. The van der Waals surface area contributed by atoms with E-state index < -0.39 is 0 Å². The fraction of sp³-hybridized carbons (Fsp3) is 0.500. The number of anilines is 2. The van der Waals surface area contributed by atoms with Gasteiger partial charge in [-0.2, -0.15) is 5.10 Å². The number of nitrogens with two attached hydrogens (primary N) is 1. The highest BCUT2D eigenvalue weighted by Gasteiger charge is 2.27. The van der Waals surface area contributed by atoms with Gasteiger partial charge in [0.1, 0.15) is 4.88 Å². The molecule has 20 heavy (non-hydrogen) atoms. The van der Waals surface area contributed by atoms with Gasteiger partial charge >= 0.3 is 0 Å². The molecule has 0 spiro atoms. The van der Waals surface area contributed by atoms with E-state index in [-0.39, 0.29) is 11.3 Å². The molecule has 0 aliphatic heterocycles. The van der Waals surface area contributed by atoms with Gasteiger partial charge in [-0.05, 0) is 18.5 Å². The van der Waals surface area contributed by atoms with Crippen LogP contribution in [-0.2, 0) is 12.5 Å². The first-order valence-electron chi connectivity index (χ1n) is 6.15. The molecule has 0 atom stereocenters. The second kappa shape index (κ2) is 4.86. The van der Waals surface area contributed by atoms with Crippen LogP contribution < -0.4 is 11.1 Å². The van der Waals surface area contributed by atoms with E-state index in [1.165, 1.54) is 0 Å². The molecule has 0 unspecified atom stereocenters. The first kappa shape index (κ1) is 14.4. The molecule has 0 saturated heterocycles. The minimum atomic E-state index is -0.264. The van der Waals surface area contributed by atoms with E-state index in [1.807, 2.05) is 20.8 Å². The molecular formula is C12H18N6OS. The zero-order valence-electron chi connectivity index (χ0n) is 12.2. The Hall–Kier alpha value is -1.96. The fourth-order valence-electron chi connectivity index (χ4n) is 1.82. The molecule has 0 aliphatic rings. The van der Waals surface area contributed by atoms with Gasteiger partial charge in [0.15, 0.2) is 5.82 Å². The largest absolute Gasteiger partial charge is 0.394 e. The molecule has 2 aromatic rings. The van der Waals surface area contributed by atoms with Crippen molar-refractivity contribution < 1.29 is 4.79 Å². The van der Waals surface area contributed by atoms with Crippen molar-refractivity contribution in [1.82, 2.24) is 19.4 Å². The van der Waals surface area contributed by atoms with Gasteiger partial charge < -0.3 is 11.1 Å². The van der Waals surface area contributed by atoms with Crippen LogP contribution in [0, 0.1) is 6.92 Å². The summed E-state index contributed by atoms with van der Waals surface area (Å²) in [4.78, 5) is 12.9. The first-order valence-corrected chi connectivity index (χ1v) is 6.92. The molecule has 2 heterocycles. The van der Waals surface area contributed by atoms with Crippen molar-refractivity contribution in [3.63, 3.8) is 0 Å². The lowest BCUT2D eigenvalue weighted by Crippen LogP contribution is -2.21. The third kappa shape index (κ3) is 2.51. The molecule has 7 nitrogen and oxygen atoms in total. The predicted octanol–water partition coefficient (Wildman–Crippen LogP) is 1.71. The van der Waals surface area contributed by atoms with Crippen LogP contribution in [0.15, 0.2) is 0 Å². The average molecular weight is 294 g/mol. The van der Waals surface area contributed by atoms with Gasteiger partial charge in [-0.1, -0.05) is 25.3 Å². The average Bonchev–Trinajstić information content (AvgIpc) is 2.90. The van der Waals surface area contributed by atoms with Gasteiger partial charge in [0.2, 0.25) is 0 Å². The normalized spacial score (nSPS) is 11.7. The molecule has 0 radical (unpaired) electrons. The van der Waals surface area contributed by atoms with E-state index in [9.17, 15) is 4.79 Å². The smallest absolute Gasteiger partial charge is 0.270 e. The molecule has 0 bridgehead atoms. The monoisotopic (exact) mass is 294 g/mol. The van der Waals surface area contributed by atoms with Crippen molar-refractivity contribution in [2.45, 2.75) is 33.1 Å². The van der Waals surface area contributed by atoms with Crippen LogP contribution in [0.2, 0.25) is 0 Å². The summed E-state index contributed by atoms with van der Waals surface area (Å²) in [6, 6.07) is 0. The maximum atomic E-state index is 12.4. The highest BCUT2D eigenvalue weighted by atomic mass is 32.1. The van der Waals surface area contributed by atoms with E-state index in [4.69, 9.17) is 5.73 Å². The van der Waals surface area contributed by atoms with Crippen molar-refractivity contribution in [1.29, 1.82) is 0 Å². The molecular weight excluding hydrogens is 276 g/mol. The van der Waals surface area contributed by atoms with Crippen LogP contribution in [0.25, 0.3) is 0 Å². The fourth-order valence-corrected chi connectivity index (χ4v) is 2.59. The summed E-state index contributed by atoms with van der Waals surface area (Å²) in [5, 5.41) is 11.0. The number of rotatable bonds is 2. The van der Waals surface area contributed by atoms with Crippen molar-refractivity contribution >= 4 is 28.9 Å². The molecule has 0 aliphatic carbocycles. The van der Waals surface area contributed by atoms with E-state index in [0.717, 1.165) is 11.5 Å². The van der Waals surface area contributed by atoms with Crippen LogP contribution in [0.5, 0.6) is 0 Å². The molecule has 0 fully saturated rings. The predicted molar refractivity (Wildman–Crippen MR) is 78.9 cm³/mol. The number of amides is 1. The van der Waals surface area contributed by atoms with Gasteiger partial charge in [0, 0.05) is 12.5 Å². The van der Waals surface area contributed by atoms with Gasteiger partial charge in [-0.15, -0.1) is 5.10 Å². The Balaban J connectivity index is 2.32. The minimum Gasteiger partial charge on any atom is -0.394 e. The number of aryl methyl sites for hydroxylation is 2. The standard InChI is InChI=1S/C12H18N6OS/c1-6-7(13)10(18(5)16-6)14-11(19)8-9(12(2,3)4)15-17-20-8/h13H2,1-5H3,(H,14,19). The lowest BCUT2D eigenvalue weighted by atomic mass is 9.91. The second-order valence-corrected chi connectivity index (χ2v) is 6.38. The Morgan fingerprint density at radius 2 is 2.05 bits per heavy atom. The van der Waals surface area contributed by atoms with Gasteiger partial charge in [-0.25, -0.2) is 0 Å². The molecule has 1 amide bonds.